The molecule has 1 aromatic rings. The molecule has 0 aromatic carbocycles. The number of alkyl halides is 3. The normalized spacial score (nSPS) is 11.6. The van der Waals surface area contributed by atoms with Crippen LogP contribution in [0.5, 0.6) is 0 Å². The highest BCUT2D eigenvalue weighted by Crippen LogP contribution is 2.34. The fourth-order valence-corrected chi connectivity index (χ4v) is 1.36. The quantitative estimate of drug-likeness (QED) is 0.830. The SMILES string of the molecule is CCCn1nc(C(F)(F)F)c(C(=O)OC)c1N. The maximum absolute atomic E-state index is 12.6. The van der Waals surface area contributed by atoms with Crippen molar-refractivity contribution in [3.63, 3.8) is 0 Å². The summed E-state index contributed by atoms with van der Waals surface area (Å²) in [6, 6.07) is 0. The van der Waals surface area contributed by atoms with Gasteiger partial charge in [-0.05, 0) is 6.42 Å². The predicted molar refractivity (Wildman–Crippen MR) is 53.3 cm³/mol. The third-order valence-electron chi connectivity index (χ3n) is 2.09. The molecule has 0 saturated heterocycles. The predicted octanol–water partition coefficient (Wildman–Crippen LogP) is 1.68. The first kappa shape index (κ1) is 13.3. The highest BCUT2D eigenvalue weighted by molar-refractivity contribution is 5.95. The van der Waals surface area contributed by atoms with E-state index in [4.69, 9.17) is 5.73 Å². The zero-order chi connectivity index (χ0) is 13.2. The van der Waals surface area contributed by atoms with Gasteiger partial charge in [-0.15, -0.1) is 0 Å². The number of halogens is 3. The summed E-state index contributed by atoms with van der Waals surface area (Å²) < 4.78 is 43.1. The van der Waals surface area contributed by atoms with Crippen LogP contribution in [0.1, 0.15) is 29.4 Å². The number of methoxy groups -OCH3 is 1. The largest absolute Gasteiger partial charge is 0.465 e. The van der Waals surface area contributed by atoms with Crippen molar-refractivity contribution in [2.24, 2.45) is 0 Å². The smallest absolute Gasteiger partial charge is 0.436 e. The Hall–Kier alpha value is -1.73. The first-order valence-electron chi connectivity index (χ1n) is 4.84. The Morgan fingerprint density at radius 2 is 2.12 bits per heavy atom. The second-order valence-corrected chi connectivity index (χ2v) is 3.32. The van der Waals surface area contributed by atoms with Gasteiger partial charge in [0.2, 0.25) is 0 Å². The second kappa shape index (κ2) is 4.64. The van der Waals surface area contributed by atoms with Gasteiger partial charge in [0.05, 0.1) is 7.11 Å². The van der Waals surface area contributed by atoms with Crippen LogP contribution < -0.4 is 5.73 Å². The molecule has 0 atom stereocenters. The maximum Gasteiger partial charge on any atom is 0.436 e. The van der Waals surface area contributed by atoms with E-state index in [1.54, 1.807) is 6.92 Å². The molecule has 1 rings (SSSR count). The van der Waals surface area contributed by atoms with Crippen LogP contribution in [0.25, 0.3) is 0 Å². The topological polar surface area (TPSA) is 70.1 Å². The van der Waals surface area contributed by atoms with E-state index in [0.717, 1.165) is 11.8 Å². The molecule has 0 fully saturated rings. The maximum atomic E-state index is 12.6. The number of nitrogens with zero attached hydrogens (tertiary/aromatic N) is 2. The Balaban J connectivity index is 3.37. The first-order chi connectivity index (χ1) is 7.82. The number of hydrogen-bond acceptors (Lipinski definition) is 4. The van der Waals surface area contributed by atoms with Crippen molar-refractivity contribution in [2.45, 2.75) is 26.1 Å². The number of aryl methyl sites for hydroxylation is 1. The molecule has 0 spiro atoms. The van der Waals surface area contributed by atoms with E-state index in [1.165, 1.54) is 0 Å². The number of esters is 1. The number of nitrogen functional groups attached to an aromatic ring is 1. The molecular formula is C9H12F3N3O2. The zero-order valence-corrected chi connectivity index (χ0v) is 9.34. The molecule has 0 aliphatic rings. The van der Waals surface area contributed by atoms with Crippen LogP contribution in [0.4, 0.5) is 19.0 Å². The molecule has 8 heteroatoms. The van der Waals surface area contributed by atoms with Crippen LogP contribution in [0.15, 0.2) is 0 Å². The minimum absolute atomic E-state index is 0.200. The number of anilines is 1. The highest BCUT2D eigenvalue weighted by atomic mass is 19.4. The molecule has 96 valence electrons. The fourth-order valence-electron chi connectivity index (χ4n) is 1.36. The van der Waals surface area contributed by atoms with Gasteiger partial charge in [0.15, 0.2) is 5.69 Å². The Morgan fingerprint density at radius 1 is 1.53 bits per heavy atom. The van der Waals surface area contributed by atoms with Crippen molar-refractivity contribution in [2.75, 3.05) is 12.8 Å². The molecular weight excluding hydrogens is 239 g/mol. The average Bonchev–Trinajstić information content (AvgIpc) is 2.56. The second-order valence-electron chi connectivity index (χ2n) is 3.32. The lowest BCUT2D eigenvalue weighted by molar-refractivity contribution is -0.142. The number of rotatable bonds is 3. The summed E-state index contributed by atoms with van der Waals surface area (Å²) in [7, 11) is 0.985. The lowest BCUT2D eigenvalue weighted by Gasteiger charge is -2.04. The van der Waals surface area contributed by atoms with Gasteiger partial charge < -0.3 is 10.5 Å². The van der Waals surface area contributed by atoms with Crippen molar-refractivity contribution < 1.29 is 22.7 Å². The van der Waals surface area contributed by atoms with Gasteiger partial charge in [0, 0.05) is 6.54 Å². The van der Waals surface area contributed by atoms with Crippen LogP contribution in [0.2, 0.25) is 0 Å². The number of ether oxygens (including phenoxy) is 1. The summed E-state index contributed by atoms with van der Waals surface area (Å²) in [6.07, 6.45) is -4.19. The van der Waals surface area contributed by atoms with Gasteiger partial charge in [-0.2, -0.15) is 18.3 Å². The average molecular weight is 251 g/mol. The summed E-state index contributed by atoms with van der Waals surface area (Å²) in [4.78, 5) is 11.3. The van der Waals surface area contributed by atoms with E-state index in [0.29, 0.717) is 6.42 Å². The molecule has 2 N–H and O–H groups in total. The molecule has 0 amide bonds. The lowest BCUT2D eigenvalue weighted by atomic mass is 10.2. The number of hydrogen-bond donors (Lipinski definition) is 1. The van der Waals surface area contributed by atoms with Crippen molar-refractivity contribution in [3.05, 3.63) is 11.3 Å². The third-order valence-corrected chi connectivity index (χ3v) is 2.09. The Labute approximate surface area is 95.3 Å². The monoisotopic (exact) mass is 251 g/mol. The summed E-state index contributed by atoms with van der Waals surface area (Å²) >= 11 is 0. The Kier molecular flexibility index (Phi) is 3.64. The van der Waals surface area contributed by atoms with E-state index in [1.807, 2.05) is 0 Å². The van der Waals surface area contributed by atoms with Crippen molar-refractivity contribution in [1.29, 1.82) is 0 Å². The van der Waals surface area contributed by atoms with Crippen LogP contribution in [-0.2, 0) is 17.5 Å². The van der Waals surface area contributed by atoms with Crippen molar-refractivity contribution >= 4 is 11.8 Å². The third kappa shape index (κ3) is 2.51. The fraction of sp³-hybridized carbons (Fsp3) is 0.556. The van der Waals surface area contributed by atoms with Crippen LogP contribution in [0, 0.1) is 0 Å². The van der Waals surface area contributed by atoms with Gasteiger partial charge in [0.1, 0.15) is 11.4 Å². The number of nitrogens with two attached hydrogens (primary N) is 1. The molecule has 5 nitrogen and oxygen atoms in total. The van der Waals surface area contributed by atoms with Gasteiger partial charge in [-0.1, -0.05) is 6.92 Å². The Bertz CT molecular complexity index is 426. The number of aromatic nitrogens is 2. The number of carbonyl (C=O) groups is 1. The summed E-state index contributed by atoms with van der Waals surface area (Å²) in [6.45, 7) is 1.96. The molecule has 0 radical (unpaired) electrons. The van der Waals surface area contributed by atoms with Crippen molar-refractivity contribution in [1.82, 2.24) is 9.78 Å². The van der Waals surface area contributed by atoms with Gasteiger partial charge in [-0.3, -0.25) is 0 Å². The minimum Gasteiger partial charge on any atom is -0.465 e. The van der Waals surface area contributed by atoms with E-state index in [9.17, 15) is 18.0 Å². The molecule has 0 aliphatic heterocycles. The van der Waals surface area contributed by atoms with E-state index >= 15 is 0 Å². The van der Waals surface area contributed by atoms with Crippen LogP contribution in [0.3, 0.4) is 0 Å². The summed E-state index contributed by atoms with van der Waals surface area (Å²) in [5, 5.41) is 3.31. The summed E-state index contributed by atoms with van der Waals surface area (Å²) in [5.41, 5.74) is 3.42. The lowest BCUT2D eigenvalue weighted by Crippen LogP contribution is -2.14. The molecule has 1 heterocycles. The highest BCUT2D eigenvalue weighted by Gasteiger charge is 2.41. The molecule has 1 aromatic heterocycles. The number of carbonyl (C=O) groups excluding carboxylic acids is 1. The van der Waals surface area contributed by atoms with Gasteiger partial charge in [0.25, 0.3) is 0 Å². The van der Waals surface area contributed by atoms with E-state index < -0.39 is 23.4 Å². The van der Waals surface area contributed by atoms with E-state index in [-0.39, 0.29) is 12.4 Å². The molecule has 0 unspecified atom stereocenters. The van der Waals surface area contributed by atoms with E-state index in [2.05, 4.69) is 9.84 Å². The Morgan fingerprint density at radius 3 is 2.53 bits per heavy atom. The van der Waals surface area contributed by atoms with Crippen molar-refractivity contribution in [3.8, 4) is 0 Å². The minimum atomic E-state index is -4.74. The standard InChI is InChI=1S/C9H12F3N3O2/c1-3-4-15-7(13)5(8(16)17-2)6(14-15)9(10,11)12/h3-4,13H2,1-2H3. The molecule has 0 saturated carbocycles. The summed E-state index contributed by atoms with van der Waals surface area (Å²) in [5.74, 6) is -1.47. The zero-order valence-electron chi connectivity index (χ0n) is 9.34. The van der Waals surface area contributed by atoms with Crippen LogP contribution in [-0.4, -0.2) is 22.9 Å². The molecule has 0 aliphatic carbocycles. The molecule has 0 bridgehead atoms. The molecule has 17 heavy (non-hydrogen) atoms. The van der Waals surface area contributed by atoms with Crippen LogP contribution >= 0.6 is 0 Å². The van der Waals surface area contributed by atoms with Gasteiger partial charge in [-0.25, -0.2) is 9.48 Å². The first-order valence-corrected chi connectivity index (χ1v) is 4.84. The van der Waals surface area contributed by atoms with Gasteiger partial charge >= 0.3 is 12.1 Å².